The second-order valence-electron chi connectivity index (χ2n) is 12.5. The van der Waals surface area contributed by atoms with Crippen molar-refractivity contribution in [2.24, 2.45) is 34.5 Å². The van der Waals surface area contributed by atoms with Gasteiger partial charge in [0, 0.05) is 30.8 Å². The van der Waals surface area contributed by atoms with Crippen LogP contribution in [0.5, 0.6) is 0 Å². The third kappa shape index (κ3) is 4.17. The number of hydrogen-bond donors (Lipinski definition) is 1. The molecule has 0 aromatic heterocycles. The van der Waals surface area contributed by atoms with E-state index in [1.165, 1.54) is 38.5 Å². The van der Waals surface area contributed by atoms with Gasteiger partial charge in [0.1, 0.15) is 0 Å². The topological polar surface area (TPSA) is 49.4 Å². The van der Waals surface area contributed by atoms with Gasteiger partial charge in [0.2, 0.25) is 11.8 Å². The number of rotatable bonds is 4. The van der Waals surface area contributed by atoms with Gasteiger partial charge in [0.05, 0.1) is 5.75 Å². The second-order valence-corrected chi connectivity index (χ2v) is 14.3. The fourth-order valence-electron chi connectivity index (χ4n) is 8.16. The number of thioether (sulfide) groups is 1. The van der Waals surface area contributed by atoms with Crippen LogP contribution >= 0.6 is 11.8 Å². The van der Waals surface area contributed by atoms with Crippen molar-refractivity contribution in [1.29, 1.82) is 0 Å². The van der Waals surface area contributed by atoms with Crippen molar-refractivity contribution < 1.29 is 9.59 Å². The maximum atomic E-state index is 12.4. The van der Waals surface area contributed by atoms with E-state index in [0.717, 1.165) is 37.1 Å². The molecule has 0 radical (unpaired) electrons. The highest BCUT2D eigenvalue weighted by molar-refractivity contribution is 8.01. The summed E-state index contributed by atoms with van der Waals surface area (Å²) < 4.78 is 0.132. The summed E-state index contributed by atoms with van der Waals surface area (Å²) >= 11 is 1.73. The molecular weight excluding hydrogens is 404 g/mol. The molecule has 1 unspecified atom stereocenters. The SMILES string of the molecule is CN1C(=O)CC[C@]2(C)[C@H]3CC[C@]4(C)C(CNC(=O)CSC(C)(C)C)CC[C@H]4[C@@H]3CC[C@@H]12. The number of piperidine rings is 1. The van der Waals surface area contributed by atoms with Gasteiger partial charge in [0.15, 0.2) is 0 Å². The first kappa shape index (κ1) is 23.4. The molecule has 3 saturated carbocycles. The van der Waals surface area contributed by atoms with E-state index < -0.39 is 0 Å². The van der Waals surface area contributed by atoms with Gasteiger partial charge < -0.3 is 10.2 Å². The van der Waals surface area contributed by atoms with Crippen LogP contribution in [0.4, 0.5) is 0 Å². The van der Waals surface area contributed by atoms with Gasteiger partial charge in [-0.05, 0) is 79.4 Å². The Morgan fingerprint density at radius 3 is 2.48 bits per heavy atom. The molecular formula is C26H44N2O2S. The third-order valence-corrected chi connectivity index (χ3v) is 11.2. The van der Waals surface area contributed by atoms with E-state index in [-0.39, 0.29) is 10.7 Å². The molecule has 5 heteroatoms. The van der Waals surface area contributed by atoms with Crippen molar-refractivity contribution in [2.45, 2.75) is 96.8 Å². The molecule has 0 aromatic rings. The lowest BCUT2D eigenvalue weighted by Gasteiger charge is -2.61. The summed E-state index contributed by atoms with van der Waals surface area (Å²) in [7, 11) is 2.05. The van der Waals surface area contributed by atoms with Crippen LogP contribution in [0.3, 0.4) is 0 Å². The first-order valence-corrected chi connectivity index (χ1v) is 13.6. The highest BCUT2D eigenvalue weighted by atomic mass is 32.2. The Morgan fingerprint density at radius 1 is 1.06 bits per heavy atom. The highest BCUT2D eigenvalue weighted by Gasteiger charge is 2.60. The lowest BCUT2D eigenvalue weighted by molar-refractivity contribution is -0.158. The monoisotopic (exact) mass is 448 g/mol. The Hall–Kier alpha value is -0.710. The molecule has 4 fully saturated rings. The Balaban J connectivity index is 1.41. The number of carbonyl (C=O) groups is 2. The molecule has 0 aromatic carbocycles. The van der Waals surface area contributed by atoms with Crippen LogP contribution in [0.15, 0.2) is 0 Å². The van der Waals surface area contributed by atoms with Crippen LogP contribution < -0.4 is 5.32 Å². The van der Waals surface area contributed by atoms with Crippen molar-refractivity contribution in [3.63, 3.8) is 0 Å². The van der Waals surface area contributed by atoms with E-state index in [0.29, 0.717) is 34.4 Å². The van der Waals surface area contributed by atoms with Crippen molar-refractivity contribution in [2.75, 3.05) is 19.3 Å². The van der Waals surface area contributed by atoms with Crippen LogP contribution in [-0.4, -0.2) is 46.8 Å². The van der Waals surface area contributed by atoms with E-state index in [4.69, 9.17) is 0 Å². The molecule has 1 saturated heterocycles. The van der Waals surface area contributed by atoms with Crippen molar-refractivity contribution >= 4 is 23.6 Å². The normalized spacial score (nSPS) is 42.6. The first-order chi connectivity index (χ1) is 14.5. The second kappa shape index (κ2) is 8.25. The Kier molecular flexibility index (Phi) is 6.24. The van der Waals surface area contributed by atoms with E-state index in [1.807, 2.05) is 7.05 Å². The maximum absolute atomic E-state index is 12.4. The van der Waals surface area contributed by atoms with E-state index in [2.05, 4.69) is 44.8 Å². The predicted octanol–water partition coefficient (Wildman–Crippen LogP) is 5.11. The number of fused-ring (bicyclic) bond motifs is 5. The fourth-order valence-corrected chi connectivity index (χ4v) is 8.83. The molecule has 0 bridgehead atoms. The standard InChI is InChI=1S/C26H44N2O2S/c1-24(2,3)31-16-22(29)27-15-17-7-9-19-18-8-10-21-26(5,14-12-23(30)28(21)6)20(18)11-13-25(17,19)4/h17-21H,7-16H2,1-6H3,(H,27,29)/t17?,18-,19-,20-,21+,25+,26+/m0/s1. The van der Waals surface area contributed by atoms with Gasteiger partial charge in [-0.2, -0.15) is 0 Å². The third-order valence-electron chi connectivity index (χ3n) is 9.94. The van der Waals surface area contributed by atoms with E-state index in [1.54, 1.807) is 11.8 Å². The average molecular weight is 449 g/mol. The molecule has 1 N–H and O–H groups in total. The quantitative estimate of drug-likeness (QED) is 0.650. The van der Waals surface area contributed by atoms with Crippen LogP contribution in [0.2, 0.25) is 0 Å². The van der Waals surface area contributed by atoms with Crippen LogP contribution in [0.25, 0.3) is 0 Å². The van der Waals surface area contributed by atoms with Gasteiger partial charge in [-0.1, -0.05) is 34.6 Å². The first-order valence-electron chi connectivity index (χ1n) is 12.6. The predicted molar refractivity (Wildman–Crippen MR) is 129 cm³/mol. The van der Waals surface area contributed by atoms with Crippen molar-refractivity contribution in [1.82, 2.24) is 10.2 Å². The molecule has 7 atom stereocenters. The summed E-state index contributed by atoms with van der Waals surface area (Å²) in [5, 5.41) is 3.29. The molecule has 176 valence electrons. The number of carbonyl (C=O) groups excluding carboxylic acids is 2. The van der Waals surface area contributed by atoms with Crippen LogP contribution in [0.1, 0.15) is 86.0 Å². The highest BCUT2D eigenvalue weighted by Crippen LogP contribution is 2.66. The molecule has 31 heavy (non-hydrogen) atoms. The summed E-state index contributed by atoms with van der Waals surface area (Å²) in [6, 6.07) is 0.441. The van der Waals surface area contributed by atoms with Gasteiger partial charge in [0.25, 0.3) is 0 Å². The molecule has 4 rings (SSSR count). The number of hydrogen-bond acceptors (Lipinski definition) is 3. The summed E-state index contributed by atoms with van der Waals surface area (Å²) in [5.41, 5.74) is 0.661. The Labute approximate surface area is 194 Å². The minimum Gasteiger partial charge on any atom is -0.355 e. The molecule has 4 aliphatic rings. The van der Waals surface area contributed by atoms with Crippen molar-refractivity contribution in [3.8, 4) is 0 Å². The molecule has 3 aliphatic carbocycles. The van der Waals surface area contributed by atoms with Gasteiger partial charge in [-0.3, -0.25) is 9.59 Å². The molecule has 2 amide bonds. The minimum absolute atomic E-state index is 0.132. The number of nitrogens with one attached hydrogen (secondary N) is 1. The molecule has 1 aliphatic heterocycles. The Morgan fingerprint density at radius 2 is 1.77 bits per heavy atom. The lowest BCUT2D eigenvalue weighted by Crippen LogP contribution is -2.61. The molecule has 1 heterocycles. The smallest absolute Gasteiger partial charge is 0.230 e. The van der Waals surface area contributed by atoms with Gasteiger partial charge in [-0.15, -0.1) is 11.8 Å². The van der Waals surface area contributed by atoms with Crippen molar-refractivity contribution in [3.05, 3.63) is 0 Å². The van der Waals surface area contributed by atoms with E-state index in [9.17, 15) is 9.59 Å². The summed E-state index contributed by atoms with van der Waals surface area (Å²) in [5.74, 6) is 4.08. The number of amides is 2. The van der Waals surface area contributed by atoms with Gasteiger partial charge >= 0.3 is 0 Å². The zero-order valence-corrected chi connectivity index (χ0v) is 21.4. The fraction of sp³-hybridized carbons (Fsp3) is 0.923. The van der Waals surface area contributed by atoms with Crippen LogP contribution in [0, 0.1) is 34.5 Å². The number of nitrogens with zero attached hydrogens (tertiary/aromatic N) is 1. The van der Waals surface area contributed by atoms with E-state index >= 15 is 0 Å². The van der Waals surface area contributed by atoms with Gasteiger partial charge in [-0.25, -0.2) is 0 Å². The zero-order chi connectivity index (χ0) is 22.6. The lowest BCUT2D eigenvalue weighted by atomic mass is 9.47. The summed E-state index contributed by atoms with van der Waals surface area (Å²) in [6.45, 7) is 12.4. The Bertz CT molecular complexity index is 719. The summed E-state index contributed by atoms with van der Waals surface area (Å²) in [4.78, 5) is 26.9. The summed E-state index contributed by atoms with van der Waals surface area (Å²) in [6.07, 6.45) is 9.45. The minimum atomic E-state index is 0.132. The molecule has 4 nitrogen and oxygen atoms in total. The van der Waals surface area contributed by atoms with Crippen LogP contribution in [-0.2, 0) is 9.59 Å². The molecule has 0 spiro atoms. The largest absolute Gasteiger partial charge is 0.355 e. The maximum Gasteiger partial charge on any atom is 0.230 e. The number of likely N-dealkylation sites (tertiary alicyclic amines) is 1. The zero-order valence-electron chi connectivity index (χ0n) is 20.6. The average Bonchev–Trinajstić information content (AvgIpc) is 3.04.